The van der Waals surface area contributed by atoms with E-state index in [1.54, 1.807) is 10.7 Å². The number of benzene rings is 1. The van der Waals surface area contributed by atoms with Crippen LogP contribution in [-0.4, -0.2) is 28.1 Å². The summed E-state index contributed by atoms with van der Waals surface area (Å²) in [4.78, 5) is 24.1. The first-order chi connectivity index (χ1) is 10.9. The number of aryl methyl sites for hydroxylation is 4. The zero-order valence-corrected chi connectivity index (χ0v) is 13.9. The molecule has 0 spiro atoms. The third-order valence-corrected chi connectivity index (χ3v) is 3.35. The zero-order valence-electron chi connectivity index (χ0n) is 13.9. The van der Waals surface area contributed by atoms with Crippen molar-refractivity contribution < 1.29 is 9.59 Å². The molecule has 2 aromatic rings. The van der Waals surface area contributed by atoms with Gasteiger partial charge in [-0.25, -0.2) is 0 Å². The molecule has 0 radical (unpaired) electrons. The molecule has 2 rings (SSSR count). The second kappa shape index (κ2) is 7.09. The van der Waals surface area contributed by atoms with Crippen molar-refractivity contribution in [2.45, 2.75) is 34.2 Å². The molecule has 0 atom stereocenters. The number of nitrogens with zero attached hydrogens (tertiary/aromatic N) is 2. The molecule has 1 heterocycles. The lowest BCUT2D eigenvalue weighted by Crippen LogP contribution is -2.34. The van der Waals surface area contributed by atoms with Crippen LogP contribution < -0.4 is 10.6 Å². The van der Waals surface area contributed by atoms with Crippen LogP contribution in [0.2, 0.25) is 0 Å². The quantitative estimate of drug-likeness (QED) is 0.888. The molecule has 0 saturated carbocycles. The van der Waals surface area contributed by atoms with E-state index in [0.29, 0.717) is 12.2 Å². The number of amides is 2. The van der Waals surface area contributed by atoms with Crippen molar-refractivity contribution >= 4 is 17.5 Å². The molecule has 0 saturated heterocycles. The van der Waals surface area contributed by atoms with Gasteiger partial charge in [-0.3, -0.25) is 14.3 Å². The van der Waals surface area contributed by atoms with Gasteiger partial charge in [0.15, 0.2) is 0 Å². The van der Waals surface area contributed by atoms with E-state index < -0.39 is 0 Å². The molecule has 0 unspecified atom stereocenters. The average molecular weight is 314 g/mol. The lowest BCUT2D eigenvalue weighted by atomic mass is 10.1. The van der Waals surface area contributed by atoms with E-state index >= 15 is 0 Å². The van der Waals surface area contributed by atoms with E-state index in [1.165, 1.54) is 0 Å². The van der Waals surface area contributed by atoms with Crippen molar-refractivity contribution in [2.24, 2.45) is 0 Å². The summed E-state index contributed by atoms with van der Waals surface area (Å²) < 4.78 is 1.62. The maximum absolute atomic E-state index is 12.2. The smallest absolute Gasteiger partial charge is 0.269 e. The Bertz CT molecular complexity index is 714. The van der Waals surface area contributed by atoms with Gasteiger partial charge >= 0.3 is 0 Å². The van der Waals surface area contributed by atoms with Crippen molar-refractivity contribution in [3.05, 3.63) is 46.8 Å². The Kier molecular flexibility index (Phi) is 5.16. The maximum Gasteiger partial charge on any atom is 0.269 e. The molecule has 2 amide bonds. The molecule has 1 aromatic carbocycles. The fourth-order valence-electron chi connectivity index (χ4n) is 2.47. The fraction of sp³-hybridized carbons (Fsp3) is 0.353. The molecule has 0 aliphatic carbocycles. The van der Waals surface area contributed by atoms with Gasteiger partial charge in [-0.1, -0.05) is 6.07 Å². The van der Waals surface area contributed by atoms with Crippen LogP contribution in [0.5, 0.6) is 0 Å². The van der Waals surface area contributed by atoms with Gasteiger partial charge in [-0.15, -0.1) is 0 Å². The molecule has 23 heavy (non-hydrogen) atoms. The van der Waals surface area contributed by atoms with Crippen molar-refractivity contribution in [2.75, 3.05) is 11.9 Å². The average Bonchev–Trinajstić information content (AvgIpc) is 2.85. The van der Waals surface area contributed by atoms with E-state index in [0.717, 1.165) is 22.5 Å². The molecule has 0 fully saturated rings. The van der Waals surface area contributed by atoms with E-state index in [9.17, 15) is 9.59 Å². The maximum atomic E-state index is 12.2. The molecule has 0 aliphatic rings. The first kappa shape index (κ1) is 16.7. The summed E-state index contributed by atoms with van der Waals surface area (Å²) in [5, 5.41) is 9.63. The summed E-state index contributed by atoms with van der Waals surface area (Å²) in [5.74, 6) is -0.564. The lowest BCUT2D eigenvalue weighted by Gasteiger charge is -2.09. The highest BCUT2D eigenvalue weighted by molar-refractivity contribution is 5.98. The first-order valence-corrected chi connectivity index (χ1v) is 7.60. The molecule has 6 nitrogen and oxygen atoms in total. The highest BCUT2D eigenvalue weighted by Crippen LogP contribution is 2.13. The number of anilines is 1. The first-order valence-electron chi connectivity index (χ1n) is 7.60. The second-order valence-corrected chi connectivity index (χ2v) is 5.59. The van der Waals surface area contributed by atoms with E-state index in [2.05, 4.69) is 15.7 Å². The van der Waals surface area contributed by atoms with Crippen molar-refractivity contribution in [3.63, 3.8) is 0 Å². The van der Waals surface area contributed by atoms with E-state index in [-0.39, 0.29) is 18.4 Å². The van der Waals surface area contributed by atoms with Crippen LogP contribution in [0.1, 0.15) is 34.2 Å². The molecule has 122 valence electrons. The van der Waals surface area contributed by atoms with Gasteiger partial charge in [0.2, 0.25) is 5.91 Å². The highest BCUT2D eigenvalue weighted by atomic mass is 16.2. The summed E-state index contributed by atoms with van der Waals surface area (Å²) >= 11 is 0. The number of carbonyl (C=O) groups is 2. The minimum Gasteiger partial charge on any atom is -0.342 e. The largest absolute Gasteiger partial charge is 0.342 e. The standard InChI is InChI=1S/C17H22N4O2/c1-5-21-15(9-13(4)20-21)17(23)18-10-16(22)19-14-7-11(2)6-12(3)8-14/h6-9H,5,10H2,1-4H3,(H,18,23)(H,19,22). The SMILES string of the molecule is CCn1nc(C)cc1C(=O)NCC(=O)Nc1cc(C)cc(C)c1. The van der Waals surface area contributed by atoms with Crippen LogP contribution in [0.4, 0.5) is 5.69 Å². The number of nitrogens with one attached hydrogen (secondary N) is 2. The molecular formula is C17H22N4O2. The molecule has 0 bridgehead atoms. The number of rotatable bonds is 5. The molecular weight excluding hydrogens is 292 g/mol. The van der Waals surface area contributed by atoms with Gasteiger partial charge in [0, 0.05) is 12.2 Å². The number of hydrogen-bond donors (Lipinski definition) is 2. The summed E-state index contributed by atoms with van der Waals surface area (Å²) in [7, 11) is 0. The number of hydrogen-bond acceptors (Lipinski definition) is 3. The van der Waals surface area contributed by atoms with Gasteiger partial charge in [-0.2, -0.15) is 5.10 Å². The minimum absolute atomic E-state index is 0.0836. The topological polar surface area (TPSA) is 76.0 Å². The normalized spacial score (nSPS) is 10.4. The van der Waals surface area contributed by atoms with Gasteiger partial charge in [-0.05, 0) is 57.0 Å². The third-order valence-electron chi connectivity index (χ3n) is 3.35. The van der Waals surface area contributed by atoms with Gasteiger partial charge in [0.05, 0.1) is 12.2 Å². The van der Waals surface area contributed by atoms with Crippen molar-refractivity contribution in [1.29, 1.82) is 0 Å². The zero-order chi connectivity index (χ0) is 17.0. The molecule has 6 heteroatoms. The number of carbonyl (C=O) groups excluding carboxylic acids is 2. The Hall–Kier alpha value is -2.63. The molecule has 1 aromatic heterocycles. The predicted octanol–water partition coefficient (Wildman–Crippen LogP) is 2.20. The monoisotopic (exact) mass is 314 g/mol. The van der Waals surface area contributed by atoms with Crippen molar-refractivity contribution in [1.82, 2.24) is 15.1 Å². The predicted molar refractivity (Wildman–Crippen MR) is 89.5 cm³/mol. The summed E-state index contributed by atoms with van der Waals surface area (Å²) in [6, 6.07) is 7.52. The van der Waals surface area contributed by atoms with Crippen LogP contribution >= 0.6 is 0 Å². The Morgan fingerprint density at radius 3 is 2.35 bits per heavy atom. The van der Waals surface area contributed by atoms with Crippen LogP contribution in [0.25, 0.3) is 0 Å². The third kappa shape index (κ3) is 4.42. The van der Waals surface area contributed by atoms with Crippen LogP contribution in [0.3, 0.4) is 0 Å². The Labute approximate surface area is 135 Å². The van der Waals surface area contributed by atoms with Crippen LogP contribution in [0.15, 0.2) is 24.3 Å². The van der Waals surface area contributed by atoms with E-state index in [4.69, 9.17) is 0 Å². The van der Waals surface area contributed by atoms with Gasteiger partial charge in [0.25, 0.3) is 5.91 Å². The van der Waals surface area contributed by atoms with Gasteiger partial charge in [0.1, 0.15) is 5.69 Å². The lowest BCUT2D eigenvalue weighted by molar-refractivity contribution is -0.115. The number of aromatic nitrogens is 2. The van der Waals surface area contributed by atoms with Gasteiger partial charge < -0.3 is 10.6 Å². The fourth-order valence-corrected chi connectivity index (χ4v) is 2.47. The van der Waals surface area contributed by atoms with E-state index in [1.807, 2.05) is 45.9 Å². The Balaban J connectivity index is 1.94. The van der Waals surface area contributed by atoms with Crippen LogP contribution in [0, 0.1) is 20.8 Å². The summed E-state index contributed by atoms with van der Waals surface area (Å²) in [6.07, 6.45) is 0. The summed E-state index contributed by atoms with van der Waals surface area (Å²) in [5.41, 5.74) is 4.12. The minimum atomic E-state index is -0.303. The summed E-state index contributed by atoms with van der Waals surface area (Å²) in [6.45, 7) is 8.20. The Morgan fingerprint density at radius 1 is 1.09 bits per heavy atom. The molecule has 0 aliphatic heterocycles. The van der Waals surface area contributed by atoms with Crippen LogP contribution in [-0.2, 0) is 11.3 Å². The second-order valence-electron chi connectivity index (χ2n) is 5.59. The highest BCUT2D eigenvalue weighted by Gasteiger charge is 2.14. The van der Waals surface area contributed by atoms with Crippen molar-refractivity contribution in [3.8, 4) is 0 Å². The molecule has 2 N–H and O–H groups in total. The Morgan fingerprint density at radius 2 is 1.74 bits per heavy atom.